The van der Waals surface area contributed by atoms with Crippen LogP contribution in [0.2, 0.25) is 0 Å². The molecule has 0 aliphatic heterocycles. The lowest BCUT2D eigenvalue weighted by molar-refractivity contribution is 0.101. The van der Waals surface area contributed by atoms with Crippen molar-refractivity contribution in [3.63, 3.8) is 0 Å². The number of carbonyl (C=O) groups is 1. The van der Waals surface area contributed by atoms with Crippen LogP contribution in [0.4, 0.5) is 0 Å². The van der Waals surface area contributed by atoms with Gasteiger partial charge in [-0.15, -0.1) is 10.2 Å². The highest BCUT2D eigenvalue weighted by atomic mass is 32.2. The summed E-state index contributed by atoms with van der Waals surface area (Å²) >= 11 is 1.60. The molecule has 0 saturated heterocycles. The van der Waals surface area contributed by atoms with Crippen molar-refractivity contribution < 1.29 is 9.53 Å². The zero-order valence-electron chi connectivity index (χ0n) is 16.7. The third-order valence-electron chi connectivity index (χ3n) is 4.43. The minimum Gasteiger partial charge on any atom is -0.494 e. The fraction of sp³-hybridized carbons (Fsp3) is 0.318. The first-order chi connectivity index (χ1) is 13.5. The Bertz CT molecular complexity index is 982. The van der Waals surface area contributed by atoms with Gasteiger partial charge in [-0.1, -0.05) is 35.5 Å². The molecule has 0 bridgehead atoms. The Balaban J connectivity index is 1.87. The normalized spacial score (nSPS) is 10.9. The van der Waals surface area contributed by atoms with Crippen molar-refractivity contribution in [2.45, 2.75) is 45.1 Å². The molecular formula is C22H25N3O2S. The van der Waals surface area contributed by atoms with E-state index in [2.05, 4.69) is 46.8 Å². The molecule has 0 aliphatic rings. The first-order valence-electron chi connectivity index (χ1n) is 9.43. The molecule has 0 amide bonds. The van der Waals surface area contributed by atoms with Crippen LogP contribution in [-0.4, -0.2) is 27.2 Å². The van der Waals surface area contributed by atoms with Crippen LogP contribution in [-0.2, 0) is 12.3 Å². The third-order valence-corrected chi connectivity index (χ3v) is 5.45. The predicted molar refractivity (Wildman–Crippen MR) is 113 cm³/mol. The van der Waals surface area contributed by atoms with Crippen LogP contribution in [0, 0.1) is 6.92 Å². The van der Waals surface area contributed by atoms with Crippen molar-refractivity contribution in [1.82, 2.24) is 14.8 Å². The summed E-state index contributed by atoms with van der Waals surface area (Å²) in [4.78, 5) is 11.8. The summed E-state index contributed by atoms with van der Waals surface area (Å²) in [6.45, 7) is 9.06. The van der Waals surface area contributed by atoms with Crippen LogP contribution in [0.1, 0.15) is 42.3 Å². The highest BCUT2D eigenvalue weighted by Gasteiger charge is 2.15. The smallest absolute Gasteiger partial charge is 0.191 e. The molecule has 6 heteroatoms. The topological polar surface area (TPSA) is 57.0 Å². The number of carbonyl (C=O) groups excluding carboxylic acids is 1. The monoisotopic (exact) mass is 395 g/mol. The molecule has 28 heavy (non-hydrogen) atoms. The molecule has 3 rings (SSSR count). The highest BCUT2D eigenvalue weighted by Crippen LogP contribution is 2.30. The maximum absolute atomic E-state index is 11.8. The number of hydrogen-bond donors (Lipinski definition) is 0. The van der Waals surface area contributed by atoms with Crippen LogP contribution in [0.5, 0.6) is 5.75 Å². The van der Waals surface area contributed by atoms with E-state index >= 15 is 0 Å². The quantitative estimate of drug-likeness (QED) is 0.389. The SMILES string of the molecule is CCOc1ccc(C(C)=O)cc1CSc1nnc(-c2cccc(C)c2)n1CC. The van der Waals surface area contributed by atoms with Gasteiger partial charge in [0.25, 0.3) is 0 Å². The summed E-state index contributed by atoms with van der Waals surface area (Å²) in [5.41, 5.74) is 3.94. The molecule has 1 aromatic heterocycles. The van der Waals surface area contributed by atoms with E-state index in [1.807, 2.05) is 31.2 Å². The molecule has 0 radical (unpaired) electrons. The predicted octanol–water partition coefficient (Wildman–Crippen LogP) is 5.17. The number of thioether (sulfide) groups is 1. The largest absolute Gasteiger partial charge is 0.494 e. The lowest BCUT2D eigenvalue weighted by Gasteiger charge is -2.12. The lowest BCUT2D eigenvalue weighted by atomic mass is 10.1. The maximum Gasteiger partial charge on any atom is 0.191 e. The first kappa shape index (κ1) is 20.1. The Morgan fingerprint density at radius 3 is 2.64 bits per heavy atom. The van der Waals surface area contributed by atoms with Crippen LogP contribution >= 0.6 is 11.8 Å². The van der Waals surface area contributed by atoms with Gasteiger partial charge in [-0.2, -0.15) is 0 Å². The molecule has 1 heterocycles. The number of Topliss-reactive ketones (excluding diaryl/α,β-unsaturated/α-hetero) is 1. The number of hydrogen-bond acceptors (Lipinski definition) is 5. The number of rotatable bonds is 8. The van der Waals surface area contributed by atoms with Crippen molar-refractivity contribution >= 4 is 17.5 Å². The number of ketones is 1. The minimum absolute atomic E-state index is 0.0488. The fourth-order valence-electron chi connectivity index (χ4n) is 3.03. The van der Waals surface area contributed by atoms with E-state index in [9.17, 15) is 4.79 Å². The molecular weight excluding hydrogens is 370 g/mol. The number of benzene rings is 2. The Hall–Kier alpha value is -2.60. The second-order valence-electron chi connectivity index (χ2n) is 6.52. The molecule has 0 saturated carbocycles. The van der Waals surface area contributed by atoms with Crippen molar-refractivity contribution in [2.24, 2.45) is 0 Å². The van der Waals surface area contributed by atoms with E-state index in [-0.39, 0.29) is 5.78 Å². The van der Waals surface area contributed by atoms with Gasteiger partial charge in [0.05, 0.1) is 6.61 Å². The Morgan fingerprint density at radius 1 is 1.14 bits per heavy atom. The van der Waals surface area contributed by atoms with Crippen molar-refractivity contribution in [1.29, 1.82) is 0 Å². The maximum atomic E-state index is 11.8. The molecule has 0 fully saturated rings. The fourth-order valence-corrected chi connectivity index (χ4v) is 4.01. The Morgan fingerprint density at radius 2 is 1.96 bits per heavy atom. The zero-order chi connectivity index (χ0) is 20.1. The number of ether oxygens (including phenoxy) is 1. The average Bonchev–Trinajstić information content (AvgIpc) is 3.10. The van der Waals surface area contributed by atoms with E-state index < -0.39 is 0 Å². The highest BCUT2D eigenvalue weighted by molar-refractivity contribution is 7.98. The van der Waals surface area contributed by atoms with Crippen LogP contribution in [0.25, 0.3) is 11.4 Å². The molecule has 146 valence electrons. The zero-order valence-corrected chi connectivity index (χ0v) is 17.5. The van der Waals surface area contributed by atoms with E-state index in [4.69, 9.17) is 4.74 Å². The molecule has 0 spiro atoms. The molecule has 0 N–H and O–H groups in total. The third kappa shape index (κ3) is 4.44. The van der Waals surface area contributed by atoms with Gasteiger partial charge in [0, 0.05) is 29.0 Å². The van der Waals surface area contributed by atoms with Gasteiger partial charge in [0.15, 0.2) is 16.8 Å². The number of nitrogens with zero attached hydrogens (tertiary/aromatic N) is 3. The molecule has 2 aromatic carbocycles. The van der Waals surface area contributed by atoms with Crippen molar-refractivity contribution in [2.75, 3.05) is 6.61 Å². The van der Waals surface area contributed by atoms with Gasteiger partial charge in [-0.3, -0.25) is 4.79 Å². The van der Waals surface area contributed by atoms with Gasteiger partial charge < -0.3 is 9.30 Å². The van der Waals surface area contributed by atoms with Crippen LogP contribution in [0.15, 0.2) is 47.6 Å². The molecule has 0 atom stereocenters. The van der Waals surface area contributed by atoms with Crippen molar-refractivity contribution in [3.8, 4) is 17.1 Å². The Kier molecular flexibility index (Phi) is 6.52. The second kappa shape index (κ2) is 9.06. The summed E-state index contributed by atoms with van der Waals surface area (Å²) in [7, 11) is 0. The number of aryl methyl sites for hydroxylation is 1. The standard InChI is InChI=1S/C22H25N3O2S/c1-5-25-21(18-9-7-8-15(3)12-18)23-24-22(25)28-14-19-13-17(16(4)26)10-11-20(19)27-6-2/h7-13H,5-6,14H2,1-4H3. The van der Waals surface area contributed by atoms with E-state index in [1.165, 1.54) is 5.56 Å². The van der Waals surface area contributed by atoms with Crippen molar-refractivity contribution in [3.05, 3.63) is 59.2 Å². The van der Waals surface area contributed by atoms with Gasteiger partial charge in [0.2, 0.25) is 0 Å². The lowest BCUT2D eigenvalue weighted by Crippen LogP contribution is -2.02. The minimum atomic E-state index is 0.0488. The second-order valence-corrected chi connectivity index (χ2v) is 7.46. The van der Waals surface area contributed by atoms with E-state index in [1.54, 1.807) is 18.7 Å². The van der Waals surface area contributed by atoms with Crippen LogP contribution in [0.3, 0.4) is 0 Å². The molecule has 0 unspecified atom stereocenters. The summed E-state index contributed by atoms with van der Waals surface area (Å²) in [5, 5.41) is 9.69. The van der Waals surface area contributed by atoms with Gasteiger partial charge >= 0.3 is 0 Å². The summed E-state index contributed by atoms with van der Waals surface area (Å²) in [5.74, 6) is 2.38. The molecule has 0 aliphatic carbocycles. The summed E-state index contributed by atoms with van der Waals surface area (Å²) < 4.78 is 7.86. The van der Waals surface area contributed by atoms with Gasteiger partial charge in [-0.25, -0.2) is 0 Å². The van der Waals surface area contributed by atoms with Gasteiger partial charge in [0.1, 0.15) is 5.75 Å². The molecule has 5 nitrogen and oxygen atoms in total. The number of aromatic nitrogens is 3. The van der Waals surface area contributed by atoms with Crippen LogP contribution < -0.4 is 4.74 Å². The Labute approximate surface area is 170 Å². The van der Waals surface area contributed by atoms with E-state index in [0.717, 1.165) is 34.4 Å². The summed E-state index contributed by atoms with van der Waals surface area (Å²) in [6.07, 6.45) is 0. The molecule has 3 aromatic rings. The van der Waals surface area contributed by atoms with Gasteiger partial charge in [-0.05, 0) is 52.0 Å². The van der Waals surface area contributed by atoms with E-state index in [0.29, 0.717) is 17.9 Å². The summed E-state index contributed by atoms with van der Waals surface area (Å²) in [6, 6.07) is 13.9. The average molecular weight is 396 g/mol. The first-order valence-corrected chi connectivity index (χ1v) is 10.4.